The van der Waals surface area contributed by atoms with E-state index >= 15 is 0 Å². The summed E-state index contributed by atoms with van der Waals surface area (Å²) in [6.45, 7) is -1.37. The van der Waals surface area contributed by atoms with E-state index in [1.165, 1.54) is 0 Å². The summed E-state index contributed by atoms with van der Waals surface area (Å²) in [6, 6.07) is 5.10. The van der Waals surface area contributed by atoms with Crippen LogP contribution in [-0.4, -0.2) is 45.7 Å². The highest BCUT2D eigenvalue weighted by Gasteiger charge is 2.29. The van der Waals surface area contributed by atoms with Crippen LogP contribution in [0.5, 0.6) is 0 Å². The van der Waals surface area contributed by atoms with Gasteiger partial charge in [-0.1, -0.05) is 0 Å². The van der Waals surface area contributed by atoms with Gasteiger partial charge in [0.2, 0.25) is 0 Å². The van der Waals surface area contributed by atoms with Gasteiger partial charge in [-0.2, -0.15) is 4.98 Å². The number of oxazole rings is 1. The van der Waals surface area contributed by atoms with Gasteiger partial charge in [0.25, 0.3) is 6.01 Å². The van der Waals surface area contributed by atoms with E-state index in [9.17, 15) is 15.3 Å². The molecule has 0 fully saturated rings. The summed E-state index contributed by atoms with van der Waals surface area (Å²) in [6.07, 6.45) is 0. The normalized spacial score (nSPS) is 11.9. The van der Waals surface area contributed by atoms with E-state index in [1.807, 2.05) is 0 Å². The summed E-state index contributed by atoms with van der Waals surface area (Å²) in [5.41, 5.74) is 5.96. The van der Waals surface area contributed by atoms with Crippen molar-refractivity contribution in [3.05, 3.63) is 18.2 Å². The minimum atomic E-state index is -1.27. The third-order valence-corrected chi connectivity index (χ3v) is 2.69. The van der Waals surface area contributed by atoms with Crippen LogP contribution in [0.4, 0.5) is 11.7 Å². The van der Waals surface area contributed by atoms with Gasteiger partial charge in [-0.3, -0.25) is 0 Å². The van der Waals surface area contributed by atoms with Crippen LogP contribution < -0.4 is 11.1 Å². The van der Waals surface area contributed by atoms with Gasteiger partial charge in [0.15, 0.2) is 5.58 Å². The van der Waals surface area contributed by atoms with Gasteiger partial charge < -0.3 is 30.8 Å². The van der Waals surface area contributed by atoms with E-state index in [4.69, 9.17) is 10.2 Å². The van der Waals surface area contributed by atoms with Crippen LogP contribution in [0.2, 0.25) is 0 Å². The molecule has 0 unspecified atom stereocenters. The molecule has 0 amide bonds. The number of aliphatic hydroxyl groups is 3. The predicted molar refractivity (Wildman–Crippen MR) is 66.0 cm³/mol. The maximum Gasteiger partial charge on any atom is 0.296 e. The number of nitrogen functional groups attached to an aromatic ring is 1. The summed E-state index contributed by atoms with van der Waals surface area (Å²) >= 11 is 0. The zero-order valence-electron chi connectivity index (χ0n) is 9.63. The van der Waals surface area contributed by atoms with Crippen molar-refractivity contribution in [1.82, 2.24) is 4.98 Å². The average Bonchev–Trinajstić information content (AvgIpc) is 2.77. The lowest BCUT2D eigenvalue weighted by molar-refractivity contribution is 0.0817. The average molecular weight is 253 g/mol. The fraction of sp³-hybridized carbons (Fsp3) is 0.364. The standard InChI is InChI=1S/C11H15N3O4/c12-7-1-2-8-9(3-7)18-10(13-8)14-11(4-15,5-16)6-17/h1-3,15-17H,4-6,12H2,(H,13,14). The number of hydrogen-bond donors (Lipinski definition) is 5. The van der Waals surface area contributed by atoms with Crippen molar-refractivity contribution >= 4 is 22.8 Å². The first-order valence-corrected chi connectivity index (χ1v) is 5.39. The van der Waals surface area contributed by atoms with E-state index in [2.05, 4.69) is 10.3 Å². The van der Waals surface area contributed by atoms with Crippen LogP contribution in [0.3, 0.4) is 0 Å². The van der Waals surface area contributed by atoms with Crippen LogP contribution in [0, 0.1) is 0 Å². The van der Waals surface area contributed by atoms with Crippen molar-refractivity contribution in [2.45, 2.75) is 5.54 Å². The summed E-state index contributed by atoms with van der Waals surface area (Å²) in [5, 5.41) is 30.2. The minimum Gasteiger partial charge on any atom is -0.423 e. The molecule has 2 rings (SSSR count). The van der Waals surface area contributed by atoms with Gasteiger partial charge in [-0.15, -0.1) is 0 Å². The molecule has 0 aliphatic heterocycles. The maximum absolute atomic E-state index is 9.18. The van der Waals surface area contributed by atoms with Crippen molar-refractivity contribution in [3.63, 3.8) is 0 Å². The molecule has 0 radical (unpaired) electrons. The van der Waals surface area contributed by atoms with Gasteiger partial charge >= 0.3 is 0 Å². The molecular weight excluding hydrogens is 238 g/mol. The quantitative estimate of drug-likeness (QED) is 0.456. The first kappa shape index (κ1) is 12.6. The fourth-order valence-corrected chi connectivity index (χ4v) is 1.49. The Kier molecular flexibility index (Phi) is 3.37. The predicted octanol–water partition coefficient (Wildman–Crippen LogP) is -0.462. The number of nitrogens with two attached hydrogens (primary N) is 1. The van der Waals surface area contributed by atoms with E-state index in [0.717, 1.165) is 0 Å². The van der Waals surface area contributed by atoms with Crippen LogP contribution in [0.25, 0.3) is 11.1 Å². The Hall–Kier alpha value is -1.83. The molecule has 0 bridgehead atoms. The number of aliphatic hydroxyl groups excluding tert-OH is 3. The van der Waals surface area contributed by atoms with E-state index < -0.39 is 25.4 Å². The van der Waals surface area contributed by atoms with Gasteiger partial charge in [0.1, 0.15) is 11.1 Å². The van der Waals surface area contributed by atoms with E-state index in [1.54, 1.807) is 18.2 Å². The molecule has 6 N–H and O–H groups in total. The first-order chi connectivity index (χ1) is 8.62. The molecule has 2 aromatic rings. The number of benzene rings is 1. The molecule has 0 saturated carbocycles. The van der Waals surface area contributed by atoms with Crippen molar-refractivity contribution in [1.29, 1.82) is 0 Å². The number of nitrogens with one attached hydrogen (secondary N) is 1. The number of nitrogens with zero attached hydrogens (tertiary/aromatic N) is 1. The van der Waals surface area contributed by atoms with Gasteiger partial charge in [0, 0.05) is 11.8 Å². The zero-order chi connectivity index (χ0) is 13.2. The van der Waals surface area contributed by atoms with Crippen LogP contribution in [0.15, 0.2) is 22.6 Å². The number of hydrogen-bond acceptors (Lipinski definition) is 7. The Labute approximate surface area is 103 Å². The lowest BCUT2D eigenvalue weighted by Crippen LogP contribution is -2.49. The largest absolute Gasteiger partial charge is 0.423 e. The fourth-order valence-electron chi connectivity index (χ4n) is 1.49. The van der Waals surface area contributed by atoms with Crippen molar-refractivity contribution < 1.29 is 19.7 Å². The van der Waals surface area contributed by atoms with E-state index in [0.29, 0.717) is 16.8 Å². The van der Waals surface area contributed by atoms with Gasteiger partial charge in [-0.25, -0.2) is 0 Å². The minimum absolute atomic E-state index is 0.104. The molecule has 1 aromatic carbocycles. The van der Waals surface area contributed by atoms with Crippen molar-refractivity contribution in [2.75, 3.05) is 30.9 Å². The highest BCUT2D eigenvalue weighted by molar-refractivity contribution is 5.78. The molecule has 18 heavy (non-hydrogen) atoms. The molecule has 0 spiro atoms. The first-order valence-electron chi connectivity index (χ1n) is 5.39. The number of fused-ring (bicyclic) bond motifs is 1. The second kappa shape index (κ2) is 4.81. The Morgan fingerprint density at radius 3 is 2.50 bits per heavy atom. The van der Waals surface area contributed by atoms with Gasteiger partial charge in [-0.05, 0) is 12.1 Å². The molecule has 1 aromatic heterocycles. The molecule has 7 heteroatoms. The van der Waals surface area contributed by atoms with Crippen molar-refractivity contribution in [2.24, 2.45) is 0 Å². The van der Waals surface area contributed by atoms with Crippen LogP contribution in [-0.2, 0) is 0 Å². The van der Waals surface area contributed by atoms with E-state index in [-0.39, 0.29) is 6.01 Å². The Bertz CT molecular complexity index is 528. The summed E-state index contributed by atoms with van der Waals surface area (Å²) < 4.78 is 5.37. The highest BCUT2D eigenvalue weighted by Crippen LogP contribution is 2.23. The number of rotatable bonds is 5. The lowest BCUT2D eigenvalue weighted by atomic mass is 10.0. The van der Waals surface area contributed by atoms with Gasteiger partial charge in [0.05, 0.1) is 19.8 Å². The molecule has 0 aliphatic rings. The molecular formula is C11H15N3O4. The third-order valence-electron chi connectivity index (χ3n) is 2.69. The molecule has 0 aliphatic carbocycles. The Balaban J connectivity index is 2.31. The lowest BCUT2D eigenvalue weighted by Gasteiger charge is -2.27. The monoisotopic (exact) mass is 253 g/mol. The highest BCUT2D eigenvalue weighted by atomic mass is 16.4. The van der Waals surface area contributed by atoms with Crippen molar-refractivity contribution in [3.8, 4) is 0 Å². The smallest absolute Gasteiger partial charge is 0.296 e. The zero-order valence-corrected chi connectivity index (χ0v) is 9.63. The molecule has 7 nitrogen and oxygen atoms in total. The SMILES string of the molecule is Nc1ccc2nc(NC(CO)(CO)CO)oc2c1. The Morgan fingerprint density at radius 2 is 1.89 bits per heavy atom. The number of anilines is 2. The number of aromatic nitrogens is 1. The third kappa shape index (κ3) is 2.23. The van der Waals surface area contributed by atoms with Crippen LogP contribution in [0.1, 0.15) is 0 Å². The molecule has 1 heterocycles. The second-order valence-corrected chi connectivity index (χ2v) is 4.13. The second-order valence-electron chi connectivity index (χ2n) is 4.13. The molecule has 0 atom stereocenters. The molecule has 0 saturated heterocycles. The van der Waals surface area contributed by atoms with Crippen LogP contribution >= 0.6 is 0 Å². The summed E-state index contributed by atoms with van der Waals surface area (Å²) in [5.74, 6) is 0. The summed E-state index contributed by atoms with van der Waals surface area (Å²) in [7, 11) is 0. The Morgan fingerprint density at radius 1 is 1.22 bits per heavy atom. The summed E-state index contributed by atoms with van der Waals surface area (Å²) in [4.78, 5) is 4.12. The maximum atomic E-state index is 9.18. The molecule has 98 valence electrons. The topological polar surface area (TPSA) is 125 Å².